The van der Waals surface area contributed by atoms with E-state index in [9.17, 15) is 9.59 Å². The average molecular weight is 330 g/mol. The molecule has 0 fully saturated rings. The molecule has 122 valence electrons. The first-order chi connectivity index (χ1) is 12.2. The van der Waals surface area contributed by atoms with Crippen molar-refractivity contribution in [2.45, 2.75) is 6.54 Å². The first-order valence-electron chi connectivity index (χ1n) is 7.80. The molecule has 4 rings (SSSR count). The summed E-state index contributed by atoms with van der Waals surface area (Å²) in [6.07, 6.45) is 3.07. The van der Waals surface area contributed by atoms with E-state index in [4.69, 9.17) is 0 Å². The van der Waals surface area contributed by atoms with Crippen LogP contribution in [0.5, 0.6) is 0 Å². The summed E-state index contributed by atoms with van der Waals surface area (Å²) >= 11 is 0. The Bertz CT molecular complexity index is 1150. The molecule has 0 saturated heterocycles. The van der Waals surface area contributed by atoms with Gasteiger partial charge in [0, 0.05) is 23.7 Å². The second kappa shape index (κ2) is 6.16. The lowest BCUT2D eigenvalue weighted by Gasteiger charge is -2.07. The molecule has 0 spiro atoms. The van der Waals surface area contributed by atoms with Gasteiger partial charge in [-0.25, -0.2) is 4.98 Å². The fourth-order valence-corrected chi connectivity index (χ4v) is 2.72. The molecular formula is C19H14N4O2. The average Bonchev–Trinajstić information content (AvgIpc) is 2.66. The molecule has 25 heavy (non-hydrogen) atoms. The highest BCUT2D eigenvalue weighted by Gasteiger charge is 2.08. The molecule has 0 aliphatic rings. The molecule has 0 saturated carbocycles. The van der Waals surface area contributed by atoms with Gasteiger partial charge in [0.15, 0.2) is 0 Å². The minimum absolute atomic E-state index is 0.218. The van der Waals surface area contributed by atoms with Gasteiger partial charge in [-0.3, -0.25) is 14.6 Å². The molecule has 2 heterocycles. The van der Waals surface area contributed by atoms with E-state index in [0.717, 1.165) is 16.5 Å². The fraction of sp³-hybridized carbons (Fsp3) is 0.0526. The van der Waals surface area contributed by atoms with E-state index >= 15 is 0 Å². The zero-order valence-corrected chi connectivity index (χ0v) is 13.2. The Morgan fingerprint density at radius 2 is 1.96 bits per heavy atom. The number of hydrogen-bond acceptors (Lipinski definition) is 4. The normalized spacial score (nSPS) is 10.9. The number of benzene rings is 2. The molecular weight excluding hydrogens is 316 g/mol. The molecule has 0 aliphatic heterocycles. The van der Waals surface area contributed by atoms with E-state index in [2.05, 4.69) is 20.3 Å². The lowest BCUT2D eigenvalue weighted by molar-refractivity contribution is 0.0951. The molecule has 2 aromatic heterocycles. The van der Waals surface area contributed by atoms with Crippen molar-refractivity contribution < 1.29 is 4.79 Å². The Morgan fingerprint density at radius 1 is 1.04 bits per heavy atom. The van der Waals surface area contributed by atoms with Gasteiger partial charge in [-0.1, -0.05) is 18.2 Å². The van der Waals surface area contributed by atoms with Crippen LogP contribution in [0.4, 0.5) is 0 Å². The molecule has 0 aliphatic carbocycles. The third kappa shape index (κ3) is 2.97. The number of fused-ring (bicyclic) bond motifs is 2. The summed E-state index contributed by atoms with van der Waals surface area (Å²) in [4.78, 5) is 35.0. The van der Waals surface area contributed by atoms with Gasteiger partial charge in [0.05, 0.1) is 22.7 Å². The monoisotopic (exact) mass is 330 g/mol. The number of aromatic amines is 1. The van der Waals surface area contributed by atoms with Crippen LogP contribution in [0.3, 0.4) is 0 Å². The minimum Gasteiger partial charge on any atom is -0.348 e. The number of hydrogen-bond donors (Lipinski definition) is 2. The summed E-state index contributed by atoms with van der Waals surface area (Å²) in [6.45, 7) is 0.395. The summed E-state index contributed by atoms with van der Waals surface area (Å²) in [5, 5.41) is 4.40. The van der Waals surface area contributed by atoms with Crippen LogP contribution >= 0.6 is 0 Å². The molecule has 6 heteroatoms. The highest BCUT2D eigenvalue weighted by Crippen LogP contribution is 2.14. The summed E-state index contributed by atoms with van der Waals surface area (Å²) in [7, 11) is 0. The second-order valence-corrected chi connectivity index (χ2v) is 5.68. The zero-order valence-electron chi connectivity index (χ0n) is 13.2. The zero-order chi connectivity index (χ0) is 17.2. The highest BCUT2D eigenvalue weighted by atomic mass is 16.1. The number of pyridine rings is 1. The number of rotatable bonds is 3. The van der Waals surface area contributed by atoms with Crippen LogP contribution in [-0.4, -0.2) is 20.9 Å². The maximum atomic E-state index is 12.4. The molecule has 0 radical (unpaired) electrons. The van der Waals surface area contributed by atoms with Crippen molar-refractivity contribution in [2.75, 3.05) is 0 Å². The Hall–Kier alpha value is -3.54. The third-order valence-electron chi connectivity index (χ3n) is 4.03. The van der Waals surface area contributed by atoms with Gasteiger partial charge < -0.3 is 10.3 Å². The van der Waals surface area contributed by atoms with Crippen molar-refractivity contribution in [3.8, 4) is 0 Å². The quantitative estimate of drug-likeness (QED) is 0.604. The van der Waals surface area contributed by atoms with Crippen molar-refractivity contribution in [1.29, 1.82) is 0 Å². The van der Waals surface area contributed by atoms with Crippen LogP contribution in [0.2, 0.25) is 0 Å². The molecule has 0 bridgehead atoms. The Labute approximate surface area is 142 Å². The van der Waals surface area contributed by atoms with Crippen LogP contribution in [0.1, 0.15) is 15.9 Å². The van der Waals surface area contributed by atoms with Gasteiger partial charge in [-0.2, -0.15) is 0 Å². The first kappa shape index (κ1) is 15.0. The van der Waals surface area contributed by atoms with E-state index in [0.29, 0.717) is 23.0 Å². The van der Waals surface area contributed by atoms with E-state index in [1.165, 1.54) is 6.33 Å². The van der Waals surface area contributed by atoms with Crippen molar-refractivity contribution in [1.82, 2.24) is 20.3 Å². The summed E-state index contributed by atoms with van der Waals surface area (Å²) in [5.74, 6) is -0.218. The van der Waals surface area contributed by atoms with Crippen molar-refractivity contribution in [3.63, 3.8) is 0 Å². The number of carbonyl (C=O) groups is 1. The Balaban J connectivity index is 1.54. The molecule has 6 nitrogen and oxygen atoms in total. The third-order valence-corrected chi connectivity index (χ3v) is 4.03. The maximum Gasteiger partial charge on any atom is 0.258 e. The Morgan fingerprint density at radius 3 is 2.88 bits per heavy atom. The van der Waals surface area contributed by atoms with Gasteiger partial charge >= 0.3 is 0 Å². The van der Waals surface area contributed by atoms with E-state index in [-0.39, 0.29) is 11.5 Å². The van der Waals surface area contributed by atoms with Gasteiger partial charge in [-0.05, 0) is 35.9 Å². The smallest absolute Gasteiger partial charge is 0.258 e. The van der Waals surface area contributed by atoms with Gasteiger partial charge in [0.1, 0.15) is 0 Å². The fourth-order valence-electron chi connectivity index (χ4n) is 2.72. The number of nitrogens with one attached hydrogen (secondary N) is 2. The van der Waals surface area contributed by atoms with Gasteiger partial charge in [-0.15, -0.1) is 0 Å². The number of carbonyl (C=O) groups excluding carboxylic acids is 1. The topological polar surface area (TPSA) is 87.7 Å². The van der Waals surface area contributed by atoms with Crippen LogP contribution < -0.4 is 10.9 Å². The predicted octanol–water partition coefficient (Wildman–Crippen LogP) is 2.40. The van der Waals surface area contributed by atoms with Crippen molar-refractivity contribution in [3.05, 3.63) is 82.5 Å². The summed E-state index contributed by atoms with van der Waals surface area (Å²) in [5.41, 5.74) is 2.59. The van der Waals surface area contributed by atoms with E-state index in [1.807, 2.05) is 30.3 Å². The van der Waals surface area contributed by atoms with Crippen molar-refractivity contribution in [2.24, 2.45) is 0 Å². The minimum atomic E-state index is -0.222. The number of nitrogens with zero attached hydrogens (tertiary/aromatic N) is 2. The molecule has 2 aromatic carbocycles. The standard InChI is InChI=1S/C19H14N4O2/c24-18(14-5-6-15-17(9-14)22-11-23-19(15)25)21-10-12-3-4-13-2-1-7-20-16(13)8-12/h1-9,11H,10H2,(H,21,24)(H,22,23,25). The molecule has 1 amide bonds. The Kier molecular flexibility index (Phi) is 3.70. The van der Waals surface area contributed by atoms with Crippen LogP contribution in [0.25, 0.3) is 21.8 Å². The van der Waals surface area contributed by atoms with Crippen LogP contribution in [-0.2, 0) is 6.54 Å². The lowest BCUT2D eigenvalue weighted by atomic mass is 10.1. The highest BCUT2D eigenvalue weighted by molar-refractivity contribution is 5.97. The summed E-state index contributed by atoms with van der Waals surface area (Å²) < 4.78 is 0. The van der Waals surface area contributed by atoms with E-state index in [1.54, 1.807) is 24.4 Å². The molecule has 0 atom stereocenters. The van der Waals surface area contributed by atoms with Gasteiger partial charge in [0.2, 0.25) is 0 Å². The molecule has 4 aromatic rings. The van der Waals surface area contributed by atoms with Gasteiger partial charge in [0.25, 0.3) is 11.5 Å². The first-order valence-corrected chi connectivity index (χ1v) is 7.80. The number of amides is 1. The maximum absolute atomic E-state index is 12.4. The number of H-pyrrole nitrogens is 1. The molecule has 0 unspecified atom stereocenters. The lowest BCUT2D eigenvalue weighted by Crippen LogP contribution is -2.23. The van der Waals surface area contributed by atoms with Crippen LogP contribution in [0.15, 0.2) is 65.8 Å². The largest absolute Gasteiger partial charge is 0.348 e. The number of aromatic nitrogens is 3. The van der Waals surface area contributed by atoms with E-state index < -0.39 is 0 Å². The second-order valence-electron chi connectivity index (χ2n) is 5.68. The SMILES string of the molecule is O=C(NCc1ccc2cccnc2c1)c1ccc2c(=O)[nH]cnc2c1. The predicted molar refractivity (Wildman–Crippen MR) is 95.3 cm³/mol. The van der Waals surface area contributed by atoms with Crippen molar-refractivity contribution >= 4 is 27.7 Å². The molecule has 2 N–H and O–H groups in total. The van der Waals surface area contributed by atoms with Crippen LogP contribution in [0, 0.1) is 0 Å². The summed E-state index contributed by atoms with van der Waals surface area (Å²) in [6, 6.07) is 14.6.